The SMILES string of the molecule is Cc1ccc(Nc2ncc(C)c(Nc3ccc4oc(=O)n(OC(=O)C(F)(F)F)c4c3)n2)cc1C(F)(F)F. The molecular weight excluding hydrogens is 512 g/mol. The fraction of sp³-hybridized carbons (Fsp3) is 0.182. The number of alkyl halides is 6. The molecule has 15 heteroatoms. The van der Waals surface area contributed by atoms with Gasteiger partial charge in [0.15, 0.2) is 5.58 Å². The number of nitrogens with one attached hydrogen (secondary N) is 2. The summed E-state index contributed by atoms with van der Waals surface area (Å²) < 4.78 is 82.2. The summed E-state index contributed by atoms with van der Waals surface area (Å²) in [5.41, 5.74) is -0.439. The summed E-state index contributed by atoms with van der Waals surface area (Å²) in [5, 5.41) is 5.55. The number of aromatic nitrogens is 3. The van der Waals surface area contributed by atoms with Crippen molar-refractivity contribution < 1.29 is 40.4 Å². The van der Waals surface area contributed by atoms with E-state index in [-0.39, 0.29) is 44.5 Å². The van der Waals surface area contributed by atoms with Crippen molar-refractivity contribution in [1.29, 1.82) is 0 Å². The zero-order chi connectivity index (χ0) is 27.1. The highest BCUT2D eigenvalue weighted by Crippen LogP contribution is 2.34. The Hall–Kier alpha value is -4.56. The number of nitrogens with zero attached hydrogens (tertiary/aromatic N) is 3. The van der Waals surface area contributed by atoms with Gasteiger partial charge in [-0.3, -0.25) is 0 Å². The molecule has 194 valence electrons. The summed E-state index contributed by atoms with van der Waals surface area (Å²) in [5.74, 6) is -3.84. The van der Waals surface area contributed by atoms with E-state index in [4.69, 9.17) is 4.42 Å². The van der Waals surface area contributed by atoms with Crippen molar-refractivity contribution in [3.63, 3.8) is 0 Å². The van der Waals surface area contributed by atoms with Crippen LogP contribution in [0.2, 0.25) is 0 Å². The normalized spacial score (nSPS) is 12.0. The Bertz CT molecular complexity index is 1560. The van der Waals surface area contributed by atoms with E-state index in [1.54, 1.807) is 6.92 Å². The minimum atomic E-state index is -5.35. The summed E-state index contributed by atoms with van der Waals surface area (Å²) in [6.07, 6.45) is -8.52. The van der Waals surface area contributed by atoms with E-state index in [1.165, 1.54) is 43.5 Å². The lowest BCUT2D eigenvalue weighted by atomic mass is 10.1. The van der Waals surface area contributed by atoms with Gasteiger partial charge in [-0.05, 0) is 49.7 Å². The molecule has 2 aromatic heterocycles. The molecule has 0 bridgehead atoms. The molecule has 0 aliphatic heterocycles. The molecule has 9 nitrogen and oxygen atoms in total. The average molecular weight is 527 g/mol. The highest BCUT2D eigenvalue weighted by Gasteiger charge is 2.42. The van der Waals surface area contributed by atoms with Gasteiger partial charge in [-0.2, -0.15) is 31.3 Å². The highest BCUT2D eigenvalue weighted by atomic mass is 19.4. The minimum absolute atomic E-state index is 0.0410. The predicted molar refractivity (Wildman–Crippen MR) is 118 cm³/mol. The molecule has 2 aromatic carbocycles. The molecular formula is C22H15F6N5O4. The van der Waals surface area contributed by atoms with Crippen LogP contribution in [0.4, 0.5) is 49.5 Å². The average Bonchev–Trinajstić information content (AvgIpc) is 3.10. The van der Waals surface area contributed by atoms with E-state index in [0.717, 1.165) is 6.07 Å². The predicted octanol–water partition coefficient (Wildman–Crippen LogP) is 5.02. The number of hydrogen-bond donors (Lipinski definition) is 2. The first-order chi connectivity index (χ1) is 17.2. The van der Waals surface area contributed by atoms with E-state index in [1.807, 2.05) is 0 Å². The summed E-state index contributed by atoms with van der Waals surface area (Å²) in [4.78, 5) is 35.5. The van der Waals surface area contributed by atoms with Crippen LogP contribution in [0.3, 0.4) is 0 Å². The molecule has 0 amide bonds. The Morgan fingerprint density at radius 1 is 0.973 bits per heavy atom. The molecule has 0 radical (unpaired) electrons. The van der Waals surface area contributed by atoms with Crippen LogP contribution in [0, 0.1) is 13.8 Å². The second-order valence-electron chi connectivity index (χ2n) is 7.72. The van der Waals surface area contributed by atoms with Crippen LogP contribution >= 0.6 is 0 Å². The number of halogens is 6. The number of fused-ring (bicyclic) bond motifs is 1. The summed E-state index contributed by atoms with van der Waals surface area (Å²) in [7, 11) is 0. The third kappa shape index (κ3) is 5.49. The standard InChI is InChI=1S/C22H15F6N5O4/c1-10-3-4-12(7-14(10)21(23,24)25)31-19-29-9-11(2)17(32-19)30-13-5-6-16-15(8-13)33(20(35)36-16)37-18(34)22(26,27)28/h3-9H,1-2H3,(H2,29,30,31,32). The van der Waals surface area contributed by atoms with Crippen molar-refractivity contribution in [3.05, 3.63) is 69.8 Å². The number of rotatable bonds is 5. The molecule has 0 aliphatic rings. The Labute approximate surface area is 202 Å². The molecule has 4 rings (SSSR count). The van der Waals surface area contributed by atoms with Gasteiger partial charge in [-0.1, -0.05) is 10.8 Å². The van der Waals surface area contributed by atoms with Crippen LogP contribution in [-0.4, -0.2) is 26.8 Å². The third-order valence-electron chi connectivity index (χ3n) is 4.98. The first-order valence-electron chi connectivity index (χ1n) is 10.2. The second kappa shape index (κ2) is 9.15. The van der Waals surface area contributed by atoms with E-state index in [9.17, 15) is 35.9 Å². The number of oxazole rings is 1. The van der Waals surface area contributed by atoms with Crippen LogP contribution < -0.4 is 21.2 Å². The molecule has 2 heterocycles. The van der Waals surface area contributed by atoms with Gasteiger partial charge < -0.3 is 19.9 Å². The van der Waals surface area contributed by atoms with Gasteiger partial charge in [0.05, 0.1) is 5.56 Å². The largest absolute Gasteiger partial charge is 0.493 e. The fourth-order valence-corrected chi connectivity index (χ4v) is 3.19. The maximum absolute atomic E-state index is 13.2. The Balaban J connectivity index is 1.62. The van der Waals surface area contributed by atoms with Crippen LogP contribution in [0.1, 0.15) is 16.7 Å². The van der Waals surface area contributed by atoms with Gasteiger partial charge in [-0.25, -0.2) is 14.6 Å². The van der Waals surface area contributed by atoms with Crippen molar-refractivity contribution in [3.8, 4) is 0 Å². The molecule has 2 N–H and O–H groups in total. The quantitative estimate of drug-likeness (QED) is 0.348. The number of anilines is 4. The fourth-order valence-electron chi connectivity index (χ4n) is 3.19. The van der Waals surface area contributed by atoms with E-state index in [2.05, 4.69) is 25.4 Å². The van der Waals surface area contributed by atoms with Crippen molar-refractivity contribution in [2.24, 2.45) is 0 Å². The van der Waals surface area contributed by atoms with Crippen LogP contribution in [0.15, 0.2) is 51.8 Å². The maximum Gasteiger partial charge on any atom is 0.493 e. The molecule has 0 saturated heterocycles. The lowest BCUT2D eigenvalue weighted by Gasteiger charge is -2.14. The first-order valence-corrected chi connectivity index (χ1v) is 10.2. The van der Waals surface area contributed by atoms with E-state index in [0.29, 0.717) is 5.56 Å². The minimum Gasteiger partial charge on any atom is -0.405 e. The summed E-state index contributed by atoms with van der Waals surface area (Å²) in [6, 6.07) is 7.47. The van der Waals surface area contributed by atoms with Crippen molar-refractivity contribution in [2.75, 3.05) is 10.6 Å². The van der Waals surface area contributed by atoms with Crippen LogP contribution in [0.25, 0.3) is 11.1 Å². The number of aryl methyl sites for hydroxylation is 2. The first kappa shape index (κ1) is 25.5. The lowest BCUT2D eigenvalue weighted by molar-refractivity contribution is -0.200. The van der Waals surface area contributed by atoms with E-state index >= 15 is 0 Å². The van der Waals surface area contributed by atoms with Crippen molar-refractivity contribution in [1.82, 2.24) is 14.7 Å². The number of hydrogen-bond acceptors (Lipinski definition) is 8. The number of carbonyl (C=O) groups is 1. The highest BCUT2D eigenvalue weighted by molar-refractivity contribution is 5.81. The Morgan fingerprint density at radius 3 is 2.32 bits per heavy atom. The van der Waals surface area contributed by atoms with Gasteiger partial charge in [0.25, 0.3) is 0 Å². The second-order valence-corrected chi connectivity index (χ2v) is 7.72. The molecule has 37 heavy (non-hydrogen) atoms. The van der Waals surface area contributed by atoms with E-state index < -0.39 is 29.6 Å². The summed E-state index contributed by atoms with van der Waals surface area (Å²) in [6.45, 7) is 2.95. The number of carbonyl (C=O) groups excluding carboxylic acids is 1. The number of benzene rings is 2. The topological polar surface area (TPSA) is 111 Å². The van der Waals surface area contributed by atoms with Crippen LogP contribution in [-0.2, 0) is 11.0 Å². The third-order valence-corrected chi connectivity index (χ3v) is 4.98. The monoisotopic (exact) mass is 527 g/mol. The van der Waals surface area contributed by atoms with Gasteiger partial charge in [0.2, 0.25) is 5.95 Å². The van der Waals surface area contributed by atoms with Gasteiger partial charge in [0, 0.05) is 23.1 Å². The van der Waals surface area contributed by atoms with Crippen molar-refractivity contribution in [2.45, 2.75) is 26.2 Å². The molecule has 0 atom stereocenters. The zero-order valence-corrected chi connectivity index (χ0v) is 18.8. The maximum atomic E-state index is 13.2. The molecule has 4 aromatic rings. The summed E-state index contributed by atoms with van der Waals surface area (Å²) >= 11 is 0. The molecule has 0 fully saturated rings. The zero-order valence-electron chi connectivity index (χ0n) is 18.8. The van der Waals surface area contributed by atoms with Gasteiger partial charge >= 0.3 is 24.1 Å². The molecule has 0 aliphatic carbocycles. The Morgan fingerprint density at radius 2 is 1.65 bits per heavy atom. The smallest absolute Gasteiger partial charge is 0.405 e. The van der Waals surface area contributed by atoms with Crippen molar-refractivity contribution >= 4 is 40.2 Å². The molecule has 0 spiro atoms. The van der Waals surface area contributed by atoms with Gasteiger partial charge in [0.1, 0.15) is 11.3 Å². The van der Waals surface area contributed by atoms with Gasteiger partial charge in [-0.15, -0.1) is 0 Å². The Kier molecular flexibility index (Phi) is 6.31. The lowest BCUT2D eigenvalue weighted by Crippen LogP contribution is -2.36. The molecule has 0 unspecified atom stereocenters. The molecule has 0 saturated carbocycles. The van der Waals surface area contributed by atoms with Crippen LogP contribution in [0.5, 0.6) is 0 Å².